The number of esters is 1. The molecule has 1 amide bonds. The van der Waals surface area contributed by atoms with Gasteiger partial charge in [-0.1, -0.05) is 11.6 Å². The van der Waals surface area contributed by atoms with Crippen LogP contribution in [0.2, 0.25) is 4.34 Å². The predicted octanol–water partition coefficient (Wildman–Crippen LogP) is 2.21. The molecule has 2 aromatic rings. The standard InChI is InChI=1S/C16H17ClN2O6S2/c1-19(27(22,23)16-8-7-13(17)26-16)9-14(20)18-11-3-5-12(6-4-11)25-10-15(21)24-2/h3-8H,9-10H2,1-2H3,(H,18,20). The minimum absolute atomic E-state index is 0.0647. The number of sulfonamides is 1. The maximum atomic E-state index is 12.4. The highest BCUT2D eigenvalue weighted by Crippen LogP contribution is 2.27. The summed E-state index contributed by atoms with van der Waals surface area (Å²) in [5.74, 6) is -0.594. The van der Waals surface area contributed by atoms with Crippen molar-refractivity contribution in [2.75, 3.05) is 32.6 Å². The lowest BCUT2D eigenvalue weighted by atomic mass is 10.3. The van der Waals surface area contributed by atoms with Gasteiger partial charge in [-0.3, -0.25) is 4.79 Å². The lowest BCUT2D eigenvalue weighted by molar-refractivity contribution is -0.142. The van der Waals surface area contributed by atoms with Crippen molar-refractivity contribution in [3.8, 4) is 5.75 Å². The minimum atomic E-state index is -3.79. The summed E-state index contributed by atoms with van der Waals surface area (Å²) in [5.41, 5.74) is 0.454. The first kappa shape index (κ1) is 21.2. The summed E-state index contributed by atoms with van der Waals surface area (Å²) < 4.78 is 35.8. The van der Waals surface area contributed by atoms with Crippen LogP contribution < -0.4 is 10.1 Å². The predicted molar refractivity (Wildman–Crippen MR) is 102 cm³/mol. The quantitative estimate of drug-likeness (QED) is 0.641. The topological polar surface area (TPSA) is 102 Å². The van der Waals surface area contributed by atoms with Gasteiger partial charge in [0.1, 0.15) is 9.96 Å². The lowest BCUT2D eigenvalue weighted by Gasteiger charge is -2.15. The van der Waals surface area contributed by atoms with Crippen molar-refractivity contribution in [2.24, 2.45) is 0 Å². The van der Waals surface area contributed by atoms with E-state index in [0.717, 1.165) is 15.6 Å². The van der Waals surface area contributed by atoms with Crippen molar-refractivity contribution >= 4 is 50.5 Å². The van der Waals surface area contributed by atoms with Crippen LogP contribution in [0.1, 0.15) is 0 Å². The van der Waals surface area contributed by atoms with Gasteiger partial charge in [-0.15, -0.1) is 11.3 Å². The molecule has 11 heteroatoms. The van der Waals surface area contributed by atoms with Crippen LogP contribution in [0.5, 0.6) is 5.75 Å². The Hall–Kier alpha value is -2.14. The minimum Gasteiger partial charge on any atom is -0.482 e. The Kier molecular flexibility index (Phi) is 7.19. The highest BCUT2D eigenvalue weighted by molar-refractivity contribution is 7.91. The fourth-order valence-corrected chi connectivity index (χ4v) is 4.73. The van der Waals surface area contributed by atoms with Crippen LogP contribution in [-0.4, -0.2) is 51.9 Å². The van der Waals surface area contributed by atoms with E-state index in [2.05, 4.69) is 10.1 Å². The molecular weight excluding hydrogens is 416 g/mol. The molecule has 0 fully saturated rings. The number of carbonyl (C=O) groups is 2. The molecule has 1 aromatic heterocycles. The average Bonchev–Trinajstić information content (AvgIpc) is 3.07. The van der Waals surface area contributed by atoms with E-state index in [1.807, 2.05) is 0 Å². The normalized spacial score (nSPS) is 11.3. The van der Waals surface area contributed by atoms with E-state index in [4.69, 9.17) is 16.3 Å². The van der Waals surface area contributed by atoms with E-state index in [-0.39, 0.29) is 17.4 Å². The number of halogens is 1. The molecule has 2 rings (SSSR count). The summed E-state index contributed by atoms with van der Waals surface area (Å²) in [6.07, 6.45) is 0. The number of hydrogen-bond acceptors (Lipinski definition) is 7. The first-order valence-electron chi connectivity index (χ1n) is 7.53. The van der Waals surface area contributed by atoms with Gasteiger partial charge >= 0.3 is 5.97 Å². The molecule has 0 saturated carbocycles. The van der Waals surface area contributed by atoms with E-state index in [0.29, 0.717) is 15.8 Å². The molecule has 1 aromatic carbocycles. The van der Waals surface area contributed by atoms with E-state index in [1.165, 1.54) is 26.3 Å². The third kappa shape index (κ3) is 5.93. The van der Waals surface area contributed by atoms with Crippen LogP contribution in [-0.2, 0) is 24.3 Å². The maximum absolute atomic E-state index is 12.4. The monoisotopic (exact) mass is 432 g/mol. The number of rotatable bonds is 8. The number of carbonyl (C=O) groups excluding carboxylic acids is 2. The number of methoxy groups -OCH3 is 1. The SMILES string of the molecule is COC(=O)COc1ccc(NC(=O)CN(C)S(=O)(=O)c2ccc(Cl)s2)cc1. The molecule has 0 atom stereocenters. The van der Waals surface area contributed by atoms with E-state index < -0.39 is 21.9 Å². The van der Waals surface area contributed by atoms with Crippen molar-refractivity contribution in [1.82, 2.24) is 4.31 Å². The van der Waals surface area contributed by atoms with Crippen molar-refractivity contribution in [1.29, 1.82) is 0 Å². The second-order valence-electron chi connectivity index (χ2n) is 5.26. The third-order valence-corrected chi connectivity index (χ3v) is 6.80. The molecular formula is C16H17ClN2O6S2. The van der Waals surface area contributed by atoms with Crippen LogP contribution in [0, 0.1) is 0 Å². The van der Waals surface area contributed by atoms with Gasteiger partial charge in [0.15, 0.2) is 6.61 Å². The molecule has 0 saturated heterocycles. The summed E-state index contributed by atoms with van der Waals surface area (Å²) in [5, 5.41) is 2.59. The van der Waals surface area contributed by atoms with Crippen LogP contribution >= 0.6 is 22.9 Å². The molecule has 146 valence electrons. The Balaban J connectivity index is 1.92. The van der Waals surface area contributed by atoms with Gasteiger partial charge in [0.2, 0.25) is 5.91 Å². The summed E-state index contributed by atoms with van der Waals surface area (Å²) >= 11 is 6.69. The number of nitrogens with one attached hydrogen (secondary N) is 1. The molecule has 8 nitrogen and oxygen atoms in total. The van der Waals surface area contributed by atoms with Gasteiger partial charge in [-0.05, 0) is 36.4 Å². The number of thiophene rings is 1. The number of benzene rings is 1. The Bertz CT molecular complexity index is 911. The molecule has 0 spiro atoms. The number of ether oxygens (including phenoxy) is 2. The molecule has 0 radical (unpaired) electrons. The Morgan fingerprint density at radius 3 is 2.41 bits per heavy atom. The third-order valence-electron chi connectivity index (χ3n) is 3.30. The Labute approximate surface area is 165 Å². The molecule has 1 N–H and O–H groups in total. The molecule has 0 bridgehead atoms. The number of likely N-dealkylation sites (N-methyl/N-ethyl adjacent to an activating group) is 1. The van der Waals surface area contributed by atoms with Crippen molar-refractivity contribution < 1.29 is 27.5 Å². The fourth-order valence-electron chi connectivity index (χ4n) is 1.91. The molecule has 0 aliphatic rings. The largest absolute Gasteiger partial charge is 0.482 e. The first-order chi connectivity index (χ1) is 12.7. The van der Waals surface area contributed by atoms with Gasteiger partial charge in [-0.2, -0.15) is 4.31 Å². The van der Waals surface area contributed by atoms with Gasteiger partial charge in [0, 0.05) is 12.7 Å². The molecule has 0 unspecified atom stereocenters. The Morgan fingerprint density at radius 2 is 1.85 bits per heavy atom. The zero-order valence-corrected chi connectivity index (χ0v) is 16.9. The van der Waals surface area contributed by atoms with Crippen LogP contribution in [0.4, 0.5) is 5.69 Å². The number of amides is 1. The van der Waals surface area contributed by atoms with Crippen LogP contribution in [0.25, 0.3) is 0 Å². The van der Waals surface area contributed by atoms with Crippen molar-refractivity contribution in [3.05, 3.63) is 40.7 Å². The second-order valence-corrected chi connectivity index (χ2v) is 9.24. The number of nitrogens with zero attached hydrogens (tertiary/aromatic N) is 1. The van der Waals surface area contributed by atoms with Crippen molar-refractivity contribution in [3.63, 3.8) is 0 Å². The molecule has 1 heterocycles. The maximum Gasteiger partial charge on any atom is 0.343 e. The number of anilines is 1. The smallest absolute Gasteiger partial charge is 0.343 e. The van der Waals surface area contributed by atoms with E-state index in [9.17, 15) is 18.0 Å². The second kappa shape index (κ2) is 9.18. The number of hydrogen-bond donors (Lipinski definition) is 1. The van der Waals surface area contributed by atoms with E-state index in [1.54, 1.807) is 24.3 Å². The Morgan fingerprint density at radius 1 is 1.19 bits per heavy atom. The zero-order valence-electron chi connectivity index (χ0n) is 14.5. The average molecular weight is 433 g/mol. The van der Waals surface area contributed by atoms with Gasteiger partial charge in [-0.25, -0.2) is 13.2 Å². The van der Waals surface area contributed by atoms with E-state index >= 15 is 0 Å². The molecule has 0 aliphatic heterocycles. The molecule has 0 aliphatic carbocycles. The van der Waals surface area contributed by atoms with Crippen LogP contribution in [0.3, 0.4) is 0 Å². The lowest BCUT2D eigenvalue weighted by Crippen LogP contribution is -2.34. The van der Waals surface area contributed by atoms with Gasteiger partial charge in [0.25, 0.3) is 10.0 Å². The highest BCUT2D eigenvalue weighted by Gasteiger charge is 2.24. The van der Waals surface area contributed by atoms with Gasteiger partial charge in [0.05, 0.1) is 18.0 Å². The summed E-state index contributed by atoms with van der Waals surface area (Å²) in [6.45, 7) is -0.587. The zero-order chi connectivity index (χ0) is 20.0. The summed E-state index contributed by atoms with van der Waals surface area (Å²) in [4.78, 5) is 23.1. The molecule has 27 heavy (non-hydrogen) atoms. The first-order valence-corrected chi connectivity index (χ1v) is 10.2. The van der Waals surface area contributed by atoms with Crippen molar-refractivity contribution in [2.45, 2.75) is 4.21 Å². The highest BCUT2D eigenvalue weighted by atomic mass is 35.5. The van der Waals surface area contributed by atoms with Crippen LogP contribution in [0.15, 0.2) is 40.6 Å². The van der Waals surface area contributed by atoms with Gasteiger partial charge < -0.3 is 14.8 Å². The fraction of sp³-hybridized carbons (Fsp3) is 0.250. The summed E-state index contributed by atoms with van der Waals surface area (Å²) in [6, 6.07) is 9.13. The summed E-state index contributed by atoms with van der Waals surface area (Å²) in [7, 11) is -1.22.